The third kappa shape index (κ3) is 4.00. The van der Waals surface area contributed by atoms with Crippen LogP contribution in [-0.2, 0) is 6.54 Å². The molecule has 0 aliphatic rings. The van der Waals surface area contributed by atoms with E-state index in [0.29, 0.717) is 12.0 Å². The second-order valence-electron chi connectivity index (χ2n) is 4.19. The van der Waals surface area contributed by atoms with Crippen LogP contribution in [0.2, 0.25) is 0 Å². The SMILES string of the molecule is CCC(C)C(C)NCc1cccc(F)c1. The van der Waals surface area contributed by atoms with E-state index in [2.05, 4.69) is 26.1 Å². The summed E-state index contributed by atoms with van der Waals surface area (Å²) in [6, 6.07) is 7.22. The van der Waals surface area contributed by atoms with Crippen LogP contribution in [0.5, 0.6) is 0 Å². The Morgan fingerprint density at radius 2 is 2.07 bits per heavy atom. The van der Waals surface area contributed by atoms with Crippen LogP contribution in [-0.4, -0.2) is 6.04 Å². The van der Waals surface area contributed by atoms with Gasteiger partial charge in [0.05, 0.1) is 0 Å². The Balaban J connectivity index is 2.43. The molecular formula is C13H20FN. The van der Waals surface area contributed by atoms with E-state index in [0.717, 1.165) is 18.5 Å². The smallest absolute Gasteiger partial charge is 0.123 e. The molecule has 1 aromatic carbocycles. The lowest BCUT2D eigenvalue weighted by Gasteiger charge is -2.19. The predicted molar refractivity (Wildman–Crippen MR) is 62.2 cm³/mol. The quantitative estimate of drug-likeness (QED) is 0.784. The Morgan fingerprint density at radius 3 is 2.67 bits per heavy atom. The summed E-state index contributed by atoms with van der Waals surface area (Å²) in [5, 5.41) is 3.41. The number of nitrogens with one attached hydrogen (secondary N) is 1. The Kier molecular flexibility index (Phi) is 4.76. The molecule has 2 unspecified atom stereocenters. The Morgan fingerprint density at radius 1 is 1.33 bits per heavy atom. The fraction of sp³-hybridized carbons (Fsp3) is 0.538. The van der Waals surface area contributed by atoms with Gasteiger partial charge in [-0.15, -0.1) is 0 Å². The van der Waals surface area contributed by atoms with Gasteiger partial charge in [0.15, 0.2) is 0 Å². The van der Waals surface area contributed by atoms with Gasteiger partial charge in [0.1, 0.15) is 5.82 Å². The van der Waals surface area contributed by atoms with Gasteiger partial charge in [0.2, 0.25) is 0 Å². The third-order valence-corrected chi connectivity index (χ3v) is 3.01. The molecule has 2 atom stereocenters. The van der Waals surface area contributed by atoms with Crippen molar-refractivity contribution in [3.63, 3.8) is 0 Å². The maximum atomic E-state index is 12.9. The highest BCUT2D eigenvalue weighted by Crippen LogP contribution is 2.08. The number of halogens is 1. The summed E-state index contributed by atoms with van der Waals surface area (Å²) >= 11 is 0. The lowest BCUT2D eigenvalue weighted by atomic mass is 10.0. The minimum Gasteiger partial charge on any atom is -0.310 e. The third-order valence-electron chi connectivity index (χ3n) is 3.01. The molecule has 0 radical (unpaired) electrons. The molecule has 1 nitrogen and oxygen atoms in total. The first-order chi connectivity index (χ1) is 7.13. The average Bonchev–Trinajstić information content (AvgIpc) is 2.25. The fourth-order valence-corrected chi connectivity index (χ4v) is 1.48. The molecular weight excluding hydrogens is 189 g/mol. The van der Waals surface area contributed by atoms with E-state index in [4.69, 9.17) is 0 Å². The molecule has 2 heteroatoms. The second-order valence-corrected chi connectivity index (χ2v) is 4.19. The maximum Gasteiger partial charge on any atom is 0.123 e. The standard InChI is InChI=1S/C13H20FN/c1-4-10(2)11(3)15-9-12-6-5-7-13(14)8-12/h5-8,10-11,15H,4,9H2,1-3H3. The normalized spacial score (nSPS) is 14.9. The summed E-state index contributed by atoms with van der Waals surface area (Å²) in [4.78, 5) is 0. The van der Waals surface area contributed by atoms with Crippen molar-refractivity contribution in [2.24, 2.45) is 5.92 Å². The van der Waals surface area contributed by atoms with Crippen molar-refractivity contribution < 1.29 is 4.39 Å². The summed E-state index contributed by atoms with van der Waals surface area (Å²) in [6.45, 7) is 7.32. The van der Waals surface area contributed by atoms with E-state index in [1.807, 2.05) is 6.07 Å². The largest absolute Gasteiger partial charge is 0.310 e. The first-order valence-corrected chi connectivity index (χ1v) is 5.61. The van der Waals surface area contributed by atoms with E-state index in [-0.39, 0.29) is 5.82 Å². The van der Waals surface area contributed by atoms with Crippen LogP contribution in [0.25, 0.3) is 0 Å². The van der Waals surface area contributed by atoms with Crippen molar-refractivity contribution in [2.75, 3.05) is 0 Å². The second kappa shape index (κ2) is 5.86. The van der Waals surface area contributed by atoms with E-state index in [9.17, 15) is 4.39 Å². The molecule has 0 saturated carbocycles. The van der Waals surface area contributed by atoms with Crippen LogP contribution >= 0.6 is 0 Å². The number of hydrogen-bond acceptors (Lipinski definition) is 1. The molecule has 1 aromatic rings. The monoisotopic (exact) mass is 209 g/mol. The topological polar surface area (TPSA) is 12.0 Å². The van der Waals surface area contributed by atoms with Crippen LogP contribution in [0, 0.1) is 11.7 Å². The summed E-state index contributed by atoms with van der Waals surface area (Å²) in [7, 11) is 0. The molecule has 0 bridgehead atoms. The zero-order chi connectivity index (χ0) is 11.3. The lowest BCUT2D eigenvalue weighted by molar-refractivity contribution is 0.389. The molecule has 0 fully saturated rings. The summed E-state index contributed by atoms with van der Waals surface area (Å²) < 4.78 is 12.9. The van der Waals surface area contributed by atoms with Crippen molar-refractivity contribution >= 4 is 0 Å². The predicted octanol–water partition coefficient (Wildman–Crippen LogP) is 3.35. The van der Waals surface area contributed by atoms with Crippen LogP contribution in [0.3, 0.4) is 0 Å². The van der Waals surface area contributed by atoms with Crippen LogP contribution in [0.1, 0.15) is 32.8 Å². The van der Waals surface area contributed by atoms with Gasteiger partial charge < -0.3 is 5.32 Å². The van der Waals surface area contributed by atoms with E-state index in [1.165, 1.54) is 6.07 Å². The zero-order valence-corrected chi connectivity index (χ0v) is 9.76. The molecule has 0 aromatic heterocycles. The van der Waals surface area contributed by atoms with Crippen molar-refractivity contribution in [3.8, 4) is 0 Å². The summed E-state index contributed by atoms with van der Waals surface area (Å²) in [6.07, 6.45) is 1.16. The van der Waals surface area contributed by atoms with Crippen molar-refractivity contribution in [1.29, 1.82) is 0 Å². The van der Waals surface area contributed by atoms with Crippen molar-refractivity contribution in [3.05, 3.63) is 35.6 Å². The first-order valence-electron chi connectivity index (χ1n) is 5.61. The molecule has 0 aliphatic carbocycles. The maximum absolute atomic E-state index is 12.9. The van der Waals surface area contributed by atoms with Gasteiger partial charge in [0, 0.05) is 12.6 Å². The van der Waals surface area contributed by atoms with Crippen molar-refractivity contribution in [1.82, 2.24) is 5.32 Å². The molecule has 1 rings (SSSR count). The first kappa shape index (κ1) is 12.2. The molecule has 0 aliphatic heterocycles. The van der Waals surface area contributed by atoms with Crippen LogP contribution < -0.4 is 5.32 Å². The van der Waals surface area contributed by atoms with Gasteiger partial charge in [0.25, 0.3) is 0 Å². The average molecular weight is 209 g/mol. The molecule has 84 valence electrons. The van der Waals surface area contributed by atoms with Gasteiger partial charge in [-0.05, 0) is 30.5 Å². The fourth-order valence-electron chi connectivity index (χ4n) is 1.48. The van der Waals surface area contributed by atoms with E-state index >= 15 is 0 Å². The Labute approximate surface area is 91.7 Å². The van der Waals surface area contributed by atoms with Gasteiger partial charge in [-0.25, -0.2) is 4.39 Å². The number of rotatable bonds is 5. The van der Waals surface area contributed by atoms with Gasteiger partial charge in [-0.1, -0.05) is 32.4 Å². The molecule has 0 saturated heterocycles. The molecule has 0 heterocycles. The number of hydrogen-bond donors (Lipinski definition) is 1. The Bertz CT molecular complexity index is 298. The summed E-state index contributed by atoms with van der Waals surface area (Å²) in [5.41, 5.74) is 1.00. The van der Waals surface area contributed by atoms with E-state index < -0.39 is 0 Å². The highest BCUT2D eigenvalue weighted by molar-refractivity contribution is 5.16. The van der Waals surface area contributed by atoms with Gasteiger partial charge in [-0.3, -0.25) is 0 Å². The van der Waals surface area contributed by atoms with E-state index in [1.54, 1.807) is 12.1 Å². The minimum absolute atomic E-state index is 0.162. The lowest BCUT2D eigenvalue weighted by Crippen LogP contribution is -2.31. The molecule has 1 N–H and O–H groups in total. The van der Waals surface area contributed by atoms with Crippen molar-refractivity contribution in [2.45, 2.75) is 39.8 Å². The zero-order valence-electron chi connectivity index (χ0n) is 9.76. The molecule has 0 amide bonds. The highest BCUT2D eigenvalue weighted by Gasteiger charge is 2.08. The molecule has 15 heavy (non-hydrogen) atoms. The van der Waals surface area contributed by atoms with Crippen LogP contribution in [0.4, 0.5) is 4.39 Å². The van der Waals surface area contributed by atoms with Gasteiger partial charge in [-0.2, -0.15) is 0 Å². The number of benzene rings is 1. The minimum atomic E-state index is -0.162. The molecule has 0 spiro atoms. The Hall–Kier alpha value is -0.890. The van der Waals surface area contributed by atoms with Gasteiger partial charge >= 0.3 is 0 Å². The summed E-state index contributed by atoms with van der Waals surface area (Å²) in [5.74, 6) is 0.490. The highest BCUT2D eigenvalue weighted by atomic mass is 19.1. The van der Waals surface area contributed by atoms with Crippen LogP contribution in [0.15, 0.2) is 24.3 Å².